The van der Waals surface area contributed by atoms with Crippen LogP contribution in [0.4, 0.5) is 0 Å². The monoisotopic (exact) mass is 403 g/mol. The number of hydrogen-bond acceptors (Lipinski definition) is 2. The van der Waals surface area contributed by atoms with Gasteiger partial charge in [0.2, 0.25) is 0 Å². The molecule has 3 nitrogen and oxygen atoms in total. The van der Waals surface area contributed by atoms with Gasteiger partial charge in [0, 0.05) is 15.7 Å². The molecule has 0 N–H and O–H groups in total. The largest absolute Gasteiger partial charge is 0.278 e. The normalized spacial score (nSPS) is 12.8. The molecule has 21 heavy (non-hydrogen) atoms. The molecule has 1 aromatic carbocycles. The molecule has 2 heterocycles. The van der Waals surface area contributed by atoms with Gasteiger partial charge in [0.15, 0.2) is 5.65 Å². The first kappa shape index (κ1) is 15.1. The van der Waals surface area contributed by atoms with Crippen molar-refractivity contribution >= 4 is 61.9 Å². The zero-order valence-corrected chi connectivity index (χ0v) is 14.7. The van der Waals surface area contributed by atoms with Gasteiger partial charge in [-0.05, 0) is 47.1 Å². The van der Waals surface area contributed by atoms with Gasteiger partial charge in [0.05, 0.1) is 16.1 Å². The summed E-state index contributed by atoms with van der Waals surface area (Å²) in [4.78, 5) is 8.92. The van der Waals surface area contributed by atoms with E-state index in [2.05, 4.69) is 25.9 Å². The van der Waals surface area contributed by atoms with Crippen LogP contribution in [0.1, 0.15) is 18.1 Å². The molecule has 0 spiro atoms. The lowest BCUT2D eigenvalue weighted by Gasteiger charge is -2.12. The molecule has 3 aromatic rings. The number of hydrogen-bond donors (Lipinski definition) is 0. The number of rotatable bonds is 2. The Kier molecular flexibility index (Phi) is 4.14. The minimum absolute atomic E-state index is 0.277. The summed E-state index contributed by atoms with van der Waals surface area (Å²) >= 11 is 21.8. The van der Waals surface area contributed by atoms with Crippen LogP contribution in [0.3, 0.4) is 0 Å². The van der Waals surface area contributed by atoms with Gasteiger partial charge in [0.1, 0.15) is 11.3 Å². The highest BCUT2D eigenvalue weighted by Crippen LogP contribution is 2.32. The maximum atomic E-state index is 6.27. The van der Waals surface area contributed by atoms with Crippen LogP contribution in [0.15, 0.2) is 34.9 Å². The summed E-state index contributed by atoms with van der Waals surface area (Å²) in [6.07, 6.45) is 1.59. The quantitative estimate of drug-likeness (QED) is 0.505. The molecule has 0 aliphatic rings. The minimum atomic E-state index is -0.277. The van der Waals surface area contributed by atoms with Crippen LogP contribution in [0.2, 0.25) is 10.0 Å². The second kappa shape index (κ2) is 5.76. The third-order valence-corrected chi connectivity index (χ3v) is 4.27. The van der Waals surface area contributed by atoms with E-state index in [1.165, 1.54) is 0 Å². The van der Waals surface area contributed by atoms with Crippen molar-refractivity contribution in [1.82, 2.24) is 14.5 Å². The van der Waals surface area contributed by atoms with E-state index < -0.39 is 0 Å². The van der Waals surface area contributed by atoms with Gasteiger partial charge in [0.25, 0.3) is 0 Å². The number of aromatic nitrogens is 3. The molecule has 1 unspecified atom stereocenters. The Labute approximate surface area is 145 Å². The van der Waals surface area contributed by atoms with E-state index in [1.54, 1.807) is 12.3 Å². The van der Waals surface area contributed by atoms with E-state index in [0.717, 1.165) is 10.2 Å². The summed E-state index contributed by atoms with van der Waals surface area (Å²) in [6, 6.07) is 7.30. The maximum absolute atomic E-state index is 6.27. The molecule has 0 saturated carbocycles. The second-order valence-electron chi connectivity index (χ2n) is 4.51. The number of fused-ring (bicyclic) bond motifs is 1. The first-order valence-electron chi connectivity index (χ1n) is 6.11. The Morgan fingerprint density at radius 3 is 2.62 bits per heavy atom. The first-order chi connectivity index (χ1) is 9.97. The number of halogens is 4. The third kappa shape index (κ3) is 2.78. The molecule has 0 aliphatic carbocycles. The zero-order valence-electron chi connectivity index (χ0n) is 10.8. The van der Waals surface area contributed by atoms with Gasteiger partial charge < -0.3 is 0 Å². The number of pyridine rings is 1. The molecular formula is C14H9BrCl3N3. The summed E-state index contributed by atoms with van der Waals surface area (Å²) in [5, 5.41) is 0.906. The predicted molar refractivity (Wildman–Crippen MR) is 90.9 cm³/mol. The fourth-order valence-corrected chi connectivity index (χ4v) is 3.28. The number of nitrogens with zero attached hydrogens (tertiary/aromatic N) is 3. The summed E-state index contributed by atoms with van der Waals surface area (Å²) in [6.45, 7) is 1.87. The number of imidazole rings is 1. The van der Waals surface area contributed by atoms with Crippen LogP contribution in [0.25, 0.3) is 16.9 Å². The molecule has 1 atom stereocenters. The van der Waals surface area contributed by atoms with Crippen molar-refractivity contribution < 1.29 is 0 Å². The van der Waals surface area contributed by atoms with Crippen molar-refractivity contribution in [2.75, 3.05) is 0 Å². The highest BCUT2D eigenvalue weighted by Gasteiger charge is 2.19. The van der Waals surface area contributed by atoms with Crippen molar-refractivity contribution in [1.29, 1.82) is 0 Å². The van der Waals surface area contributed by atoms with E-state index in [0.29, 0.717) is 27.0 Å². The minimum Gasteiger partial charge on any atom is -0.278 e. The highest BCUT2D eigenvalue weighted by molar-refractivity contribution is 9.10. The Bertz CT molecular complexity index is 830. The Hall–Kier alpha value is -0.810. The van der Waals surface area contributed by atoms with Gasteiger partial charge in [-0.2, -0.15) is 0 Å². The van der Waals surface area contributed by atoms with Crippen LogP contribution in [0, 0.1) is 0 Å². The van der Waals surface area contributed by atoms with Crippen molar-refractivity contribution in [2.24, 2.45) is 0 Å². The highest BCUT2D eigenvalue weighted by atomic mass is 79.9. The lowest BCUT2D eigenvalue weighted by Crippen LogP contribution is -2.03. The lowest BCUT2D eigenvalue weighted by molar-refractivity contribution is 0.874. The van der Waals surface area contributed by atoms with E-state index in [1.807, 2.05) is 29.7 Å². The zero-order chi connectivity index (χ0) is 15.1. The molecular weight excluding hydrogens is 396 g/mol. The van der Waals surface area contributed by atoms with Crippen LogP contribution in [-0.2, 0) is 0 Å². The van der Waals surface area contributed by atoms with Gasteiger partial charge in [-0.15, -0.1) is 11.6 Å². The van der Waals surface area contributed by atoms with Crippen LogP contribution in [0.5, 0.6) is 0 Å². The molecule has 0 fully saturated rings. The molecule has 0 bridgehead atoms. The molecule has 2 aromatic heterocycles. The van der Waals surface area contributed by atoms with E-state index in [9.17, 15) is 0 Å². The molecule has 3 rings (SSSR count). The SMILES string of the molecule is CC(Cl)c1nc2cc(Cl)cnc2n1-c1ccc(Cl)cc1Br. The third-order valence-electron chi connectivity index (χ3n) is 3.00. The average molecular weight is 406 g/mol. The maximum Gasteiger partial charge on any atom is 0.164 e. The molecule has 0 amide bonds. The first-order valence-corrected chi connectivity index (χ1v) is 8.09. The van der Waals surface area contributed by atoms with Crippen molar-refractivity contribution in [2.45, 2.75) is 12.3 Å². The van der Waals surface area contributed by atoms with Crippen molar-refractivity contribution in [3.8, 4) is 5.69 Å². The van der Waals surface area contributed by atoms with Gasteiger partial charge >= 0.3 is 0 Å². The summed E-state index contributed by atoms with van der Waals surface area (Å²) in [7, 11) is 0. The Balaban J connectivity index is 2.36. The van der Waals surface area contributed by atoms with Crippen molar-refractivity contribution in [3.05, 3.63) is 50.8 Å². The van der Waals surface area contributed by atoms with Crippen molar-refractivity contribution in [3.63, 3.8) is 0 Å². The molecule has 108 valence electrons. The molecule has 7 heteroatoms. The smallest absolute Gasteiger partial charge is 0.164 e. The van der Waals surface area contributed by atoms with E-state index in [-0.39, 0.29) is 5.38 Å². The number of alkyl halides is 1. The Morgan fingerprint density at radius 1 is 1.19 bits per heavy atom. The molecule has 0 saturated heterocycles. The van der Waals surface area contributed by atoms with Crippen LogP contribution < -0.4 is 0 Å². The predicted octanol–water partition coefficient (Wildman–Crippen LogP) is 5.79. The fraction of sp³-hybridized carbons (Fsp3) is 0.143. The standard InChI is InChI=1S/C14H9BrCl3N3/c1-7(16)13-20-11-5-9(18)6-19-14(11)21(13)12-3-2-8(17)4-10(12)15/h2-7H,1H3. The van der Waals surface area contributed by atoms with E-state index >= 15 is 0 Å². The molecule has 0 radical (unpaired) electrons. The average Bonchev–Trinajstić information content (AvgIpc) is 2.77. The fourth-order valence-electron chi connectivity index (χ4n) is 2.12. The van der Waals surface area contributed by atoms with Gasteiger partial charge in [-0.1, -0.05) is 23.2 Å². The van der Waals surface area contributed by atoms with E-state index in [4.69, 9.17) is 34.8 Å². The van der Waals surface area contributed by atoms with Crippen LogP contribution in [-0.4, -0.2) is 14.5 Å². The molecule has 0 aliphatic heterocycles. The van der Waals surface area contributed by atoms with Gasteiger partial charge in [-0.3, -0.25) is 4.57 Å². The second-order valence-corrected chi connectivity index (χ2v) is 6.90. The summed E-state index contributed by atoms with van der Waals surface area (Å²) < 4.78 is 2.74. The summed E-state index contributed by atoms with van der Waals surface area (Å²) in [5.41, 5.74) is 2.27. The van der Waals surface area contributed by atoms with Gasteiger partial charge in [-0.25, -0.2) is 9.97 Å². The Morgan fingerprint density at radius 2 is 1.95 bits per heavy atom. The topological polar surface area (TPSA) is 30.7 Å². The lowest BCUT2D eigenvalue weighted by atomic mass is 10.3. The summed E-state index contributed by atoms with van der Waals surface area (Å²) in [5.74, 6) is 0.699. The number of benzene rings is 1. The van der Waals surface area contributed by atoms with Crippen LogP contribution >= 0.6 is 50.7 Å².